The van der Waals surface area contributed by atoms with Gasteiger partial charge < -0.3 is 10.6 Å². The predicted molar refractivity (Wildman–Crippen MR) is 79.4 cm³/mol. The molecule has 0 fully saturated rings. The molecular formula is C16H14F2N2O2. The molecule has 0 saturated heterocycles. The number of benzene rings is 2. The fourth-order valence-corrected chi connectivity index (χ4v) is 1.93. The van der Waals surface area contributed by atoms with E-state index >= 15 is 0 Å². The second kappa shape index (κ2) is 6.80. The first-order chi connectivity index (χ1) is 10.4. The van der Waals surface area contributed by atoms with Gasteiger partial charge in [0.05, 0.1) is 6.42 Å². The van der Waals surface area contributed by atoms with E-state index in [2.05, 4.69) is 10.6 Å². The smallest absolute Gasteiger partial charge is 0.228 e. The molecule has 2 rings (SSSR count). The largest absolute Gasteiger partial charge is 0.326 e. The lowest BCUT2D eigenvalue weighted by Crippen LogP contribution is -2.14. The number of rotatable bonds is 4. The fourth-order valence-electron chi connectivity index (χ4n) is 1.93. The number of carbonyl (C=O) groups is 2. The summed E-state index contributed by atoms with van der Waals surface area (Å²) in [6.45, 7) is 1.40. The van der Waals surface area contributed by atoms with Crippen molar-refractivity contribution in [3.8, 4) is 0 Å². The Hall–Kier alpha value is -2.76. The minimum Gasteiger partial charge on any atom is -0.326 e. The summed E-state index contributed by atoms with van der Waals surface area (Å²) in [5.74, 6) is -2.08. The molecule has 4 nitrogen and oxygen atoms in total. The third-order valence-electron chi connectivity index (χ3n) is 2.79. The molecule has 0 aliphatic carbocycles. The van der Waals surface area contributed by atoms with Crippen LogP contribution < -0.4 is 10.6 Å². The molecule has 0 heterocycles. The summed E-state index contributed by atoms with van der Waals surface area (Å²) in [5.41, 5.74) is 1.41. The van der Waals surface area contributed by atoms with Crippen molar-refractivity contribution in [3.05, 3.63) is 59.7 Å². The average molecular weight is 304 g/mol. The number of amides is 2. The molecule has 0 saturated carbocycles. The fraction of sp³-hybridized carbons (Fsp3) is 0.125. The van der Waals surface area contributed by atoms with Crippen molar-refractivity contribution >= 4 is 23.2 Å². The van der Waals surface area contributed by atoms with Crippen LogP contribution in [0.4, 0.5) is 20.2 Å². The lowest BCUT2D eigenvalue weighted by Gasteiger charge is -2.07. The van der Waals surface area contributed by atoms with Crippen LogP contribution in [-0.4, -0.2) is 11.8 Å². The third kappa shape index (κ3) is 4.66. The number of hydrogen-bond donors (Lipinski definition) is 2. The molecule has 114 valence electrons. The maximum atomic E-state index is 13.0. The van der Waals surface area contributed by atoms with E-state index in [0.29, 0.717) is 11.3 Å². The van der Waals surface area contributed by atoms with Gasteiger partial charge in [-0.25, -0.2) is 8.78 Å². The van der Waals surface area contributed by atoms with E-state index in [0.717, 1.165) is 18.2 Å². The zero-order valence-electron chi connectivity index (χ0n) is 11.8. The lowest BCUT2D eigenvalue weighted by molar-refractivity contribution is -0.116. The Labute approximate surface area is 126 Å². The van der Waals surface area contributed by atoms with Crippen molar-refractivity contribution < 1.29 is 18.4 Å². The zero-order chi connectivity index (χ0) is 16.1. The van der Waals surface area contributed by atoms with Crippen LogP contribution in [0.15, 0.2) is 42.5 Å². The van der Waals surface area contributed by atoms with Crippen LogP contribution in [0.3, 0.4) is 0 Å². The molecule has 0 aliphatic rings. The maximum absolute atomic E-state index is 13.0. The van der Waals surface area contributed by atoms with Crippen molar-refractivity contribution in [3.63, 3.8) is 0 Å². The third-order valence-corrected chi connectivity index (χ3v) is 2.79. The quantitative estimate of drug-likeness (QED) is 0.912. The van der Waals surface area contributed by atoms with Crippen molar-refractivity contribution in [1.82, 2.24) is 0 Å². The van der Waals surface area contributed by atoms with Crippen LogP contribution in [0.25, 0.3) is 0 Å². The number of halogens is 2. The Kier molecular flexibility index (Phi) is 4.83. The van der Waals surface area contributed by atoms with Crippen LogP contribution in [0.1, 0.15) is 12.5 Å². The monoisotopic (exact) mass is 304 g/mol. The molecule has 2 aromatic carbocycles. The summed E-state index contributed by atoms with van der Waals surface area (Å²) in [7, 11) is 0. The van der Waals surface area contributed by atoms with Gasteiger partial charge in [-0.1, -0.05) is 12.1 Å². The van der Waals surface area contributed by atoms with E-state index in [9.17, 15) is 18.4 Å². The molecule has 2 N–H and O–H groups in total. The van der Waals surface area contributed by atoms with Gasteiger partial charge in [0.1, 0.15) is 11.6 Å². The highest BCUT2D eigenvalue weighted by Crippen LogP contribution is 2.14. The molecule has 0 spiro atoms. The van der Waals surface area contributed by atoms with Gasteiger partial charge in [-0.2, -0.15) is 0 Å². The molecule has 2 aromatic rings. The van der Waals surface area contributed by atoms with E-state index in [1.165, 1.54) is 6.92 Å². The van der Waals surface area contributed by atoms with Gasteiger partial charge in [0, 0.05) is 24.4 Å². The van der Waals surface area contributed by atoms with Gasteiger partial charge in [-0.05, 0) is 29.8 Å². The van der Waals surface area contributed by atoms with E-state index in [1.807, 2.05) is 0 Å². The highest BCUT2D eigenvalue weighted by Gasteiger charge is 2.07. The zero-order valence-corrected chi connectivity index (χ0v) is 11.8. The topological polar surface area (TPSA) is 58.2 Å². The first kappa shape index (κ1) is 15.6. The van der Waals surface area contributed by atoms with E-state index in [-0.39, 0.29) is 18.0 Å². The summed E-state index contributed by atoms with van der Waals surface area (Å²) in [6.07, 6.45) is 0.0541. The first-order valence-corrected chi connectivity index (χ1v) is 6.55. The van der Waals surface area contributed by atoms with Gasteiger partial charge in [-0.3, -0.25) is 9.59 Å². The van der Waals surface area contributed by atoms with E-state index in [1.54, 1.807) is 24.3 Å². The van der Waals surface area contributed by atoms with Gasteiger partial charge in [0.15, 0.2) is 0 Å². The Morgan fingerprint density at radius 2 is 1.50 bits per heavy atom. The van der Waals surface area contributed by atoms with Gasteiger partial charge in [0.25, 0.3) is 0 Å². The Morgan fingerprint density at radius 1 is 0.909 bits per heavy atom. The van der Waals surface area contributed by atoms with Crippen molar-refractivity contribution in [1.29, 1.82) is 0 Å². The molecule has 2 amide bonds. The predicted octanol–water partition coefficient (Wildman–Crippen LogP) is 3.10. The molecule has 0 radical (unpaired) electrons. The van der Waals surface area contributed by atoms with Crippen molar-refractivity contribution in [2.45, 2.75) is 13.3 Å². The second-order valence-corrected chi connectivity index (χ2v) is 4.76. The number of anilines is 2. The van der Waals surface area contributed by atoms with Crippen LogP contribution in [0, 0.1) is 11.6 Å². The number of hydrogen-bond acceptors (Lipinski definition) is 2. The SMILES string of the molecule is CC(=O)Nc1ccc(CC(=O)Nc2cc(F)cc(F)c2)cc1. The molecule has 0 unspecified atom stereocenters. The molecule has 22 heavy (non-hydrogen) atoms. The standard InChI is InChI=1S/C16H14F2N2O2/c1-10(21)19-14-4-2-11(3-5-14)6-16(22)20-15-8-12(17)7-13(18)9-15/h2-5,7-9H,6H2,1H3,(H,19,21)(H,20,22). The molecule has 0 aromatic heterocycles. The lowest BCUT2D eigenvalue weighted by atomic mass is 10.1. The average Bonchev–Trinajstić information content (AvgIpc) is 2.39. The summed E-state index contributed by atoms with van der Waals surface area (Å²) in [5, 5.41) is 5.04. The second-order valence-electron chi connectivity index (χ2n) is 4.76. The van der Waals surface area contributed by atoms with Crippen molar-refractivity contribution in [2.75, 3.05) is 10.6 Å². The highest BCUT2D eigenvalue weighted by molar-refractivity contribution is 5.92. The number of carbonyl (C=O) groups excluding carboxylic acids is 2. The van der Waals surface area contributed by atoms with Crippen LogP contribution in [0.5, 0.6) is 0 Å². The van der Waals surface area contributed by atoms with Gasteiger partial charge in [0.2, 0.25) is 11.8 Å². The Morgan fingerprint density at radius 3 is 2.05 bits per heavy atom. The molecular weight excluding hydrogens is 290 g/mol. The molecule has 0 aliphatic heterocycles. The molecule has 0 bridgehead atoms. The van der Waals surface area contributed by atoms with Crippen LogP contribution in [0.2, 0.25) is 0 Å². The highest BCUT2D eigenvalue weighted by atomic mass is 19.1. The molecule has 6 heteroatoms. The van der Waals surface area contributed by atoms with Crippen LogP contribution >= 0.6 is 0 Å². The summed E-state index contributed by atoms with van der Waals surface area (Å²) in [6, 6.07) is 9.55. The van der Waals surface area contributed by atoms with Crippen LogP contribution in [-0.2, 0) is 16.0 Å². The first-order valence-electron chi connectivity index (χ1n) is 6.55. The van der Waals surface area contributed by atoms with E-state index in [4.69, 9.17) is 0 Å². The van der Waals surface area contributed by atoms with Gasteiger partial charge in [-0.15, -0.1) is 0 Å². The maximum Gasteiger partial charge on any atom is 0.228 e. The normalized spacial score (nSPS) is 10.1. The summed E-state index contributed by atoms with van der Waals surface area (Å²) < 4.78 is 26.1. The van der Waals surface area contributed by atoms with E-state index < -0.39 is 17.5 Å². The minimum atomic E-state index is -0.755. The van der Waals surface area contributed by atoms with Crippen molar-refractivity contribution in [2.24, 2.45) is 0 Å². The Bertz CT molecular complexity index is 680. The number of nitrogens with one attached hydrogen (secondary N) is 2. The minimum absolute atomic E-state index is 0.0541. The summed E-state index contributed by atoms with van der Waals surface area (Å²) in [4.78, 5) is 22.7. The van der Waals surface area contributed by atoms with Gasteiger partial charge >= 0.3 is 0 Å². The molecule has 0 atom stereocenters. The summed E-state index contributed by atoms with van der Waals surface area (Å²) >= 11 is 0. The Balaban J connectivity index is 1.98.